The molecule has 6 heteroatoms. The third kappa shape index (κ3) is 4.02. The highest BCUT2D eigenvalue weighted by molar-refractivity contribution is 5.79. The SMILES string of the molecule is Cc1c(COC(=O)N(C)CC2CCOCC2)[nH]c2ccccc2c1=O. The van der Waals surface area contributed by atoms with Crippen molar-refractivity contribution in [1.82, 2.24) is 9.88 Å². The number of benzene rings is 1. The summed E-state index contributed by atoms with van der Waals surface area (Å²) in [6.45, 7) is 3.98. The number of aromatic amines is 1. The van der Waals surface area contributed by atoms with E-state index in [9.17, 15) is 9.59 Å². The van der Waals surface area contributed by atoms with Gasteiger partial charge >= 0.3 is 6.09 Å². The number of H-pyrrole nitrogens is 1. The van der Waals surface area contributed by atoms with Crippen LogP contribution in [-0.2, 0) is 16.1 Å². The first-order valence-electron chi connectivity index (χ1n) is 8.62. The van der Waals surface area contributed by atoms with Crippen LogP contribution < -0.4 is 5.43 Å². The molecule has 0 aliphatic carbocycles. The van der Waals surface area contributed by atoms with Gasteiger partial charge < -0.3 is 19.4 Å². The Morgan fingerprint density at radius 3 is 2.80 bits per heavy atom. The zero-order valence-electron chi connectivity index (χ0n) is 14.7. The molecule has 1 amide bonds. The van der Waals surface area contributed by atoms with E-state index >= 15 is 0 Å². The molecule has 134 valence electrons. The fourth-order valence-corrected chi connectivity index (χ4v) is 3.16. The van der Waals surface area contributed by atoms with Gasteiger partial charge in [0.05, 0.1) is 5.69 Å². The highest BCUT2D eigenvalue weighted by atomic mass is 16.6. The average molecular weight is 344 g/mol. The first-order valence-corrected chi connectivity index (χ1v) is 8.62. The van der Waals surface area contributed by atoms with Crippen LogP contribution in [0.25, 0.3) is 10.9 Å². The van der Waals surface area contributed by atoms with Crippen LogP contribution in [0.4, 0.5) is 4.79 Å². The van der Waals surface area contributed by atoms with Crippen molar-refractivity contribution in [1.29, 1.82) is 0 Å². The van der Waals surface area contributed by atoms with Crippen LogP contribution >= 0.6 is 0 Å². The molecule has 2 aromatic rings. The third-order valence-electron chi connectivity index (χ3n) is 4.78. The number of aromatic nitrogens is 1. The first kappa shape index (κ1) is 17.5. The summed E-state index contributed by atoms with van der Waals surface area (Å²) in [5.74, 6) is 0.452. The second-order valence-corrected chi connectivity index (χ2v) is 6.59. The molecule has 1 saturated heterocycles. The van der Waals surface area contributed by atoms with Crippen molar-refractivity contribution in [3.05, 3.63) is 45.7 Å². The van der Waals surface area contributed by atoms with Crippen molar-refractivity contribution in [2.24, 2.45) is 5.92 Å². The normalized spacial score (nSPS) is 15.3. The van der Waals surface area contributed by atoms with Crippen molar-refractivity contribution in [2.75, 3.05) is 26.8 Å². The predicted molar refractivity (Wildman–Crippen MR) is 95.7 cm³/mol. The molecule has 0 atom stereocenters. The minimum absolute atomic E-state index is 0.0315. The van der Waals surface area contributed by atoms with Crippen LogP contribution in [0.1, 0.15) is 24.1 Å². The summed E-state index contributed by atoms with van der Waals surface area (Å²) in [5, 5.41) is 0.645. The van der Waals surface area contributed by atoms with Crippen LogP contribution in [0.5, 0.6) is 0 Å². The molecule has 1 aromatic carbocycles. The first-order chi connectivity index (χ1) is 12.1. The number of fused-ring (bicyclic) bond motifs is 1. The number of amides is 1. The number of carbonyl (C=O) groups is 1. The van der Waals surface area contributed by atoms with E-state index in [0.29, 0.717) is 29.1 Å². The molecule has 2 heterocycles. The number of nitrogens with one attached hydrogen (secondary N) is 1. The van der Waals surface area contributed by atoms with E-state index in [1.165, 1.54) is 0 Å². The van der Waals surface area contributed by atoms with Gasteiger partial charge in [0.1, 0.15) is 6.61 Å². The van der Waals surface area contributed by atoms with Gasteiger partial charge in [-0.1, -0.05) is 12.1 Å². The quantitative estimate of drug-likeness (QED) is 0.926. The molecule has 1 aliphatic rings. The number of pyridine rings is 1. The van der Waals surface area contributed by atoms with Crippen LogP contribution in [0, 0.1) is 12.8 Å². The van der Waals surface area contributed by atoms with Gasteiger partial charge in [-0.25, -0.2) is 4.79 Å². The summed E-state index contributed by atoms with van der Waals surface area (Å²) in [6, 6.07) is 7.34. The topological polar surface area (TPSA) is 71.6 Å². The van der Waals surface area contributed by atoms with Crippen LogP contribution in [-0.4, -0.2) is 42.8 Å². The van der Waals surface area contributed by atoms with E-state index in [1.807, 2.05) is 18.2 Å². The van der Waals surface area contributed by atoms with Crippen LogP contribution in [0.2, 0.25) is 0 Å². The maximum atomic E-state index is 12.4. The monoisotopic (exact) mass is 344 g/mol. The number of hydrogen-bond acceptors (Lipinski definition) is 4. The van der Waals surface area contributed by atoms with E-state index in [-0.39, 0.29) is 18.1 Å². The maximum Gasteiger partial charge on any atom is 0.409 e. The number of nitrogens with zero attached hydrogens (tertiary/aromatic N) is 1. The van der Waals surface area contributed by atoms with E-state index in [4.69, 9.17) is 9.47 Å². The molecule has 1 aromatic heterocycles. The number of rotatable bonds is 4. The number of carbonyl (C=O) groups excluding carboxylic acids is 1. The molecule has 1 aliphatic heterocycles. The zero-order chi connectivity index (χ0) is 17.8. The highest BCUT2D eigenvalue weighted by Crippen LogP contribution is 2.16. The predicted octanol–water partition coefficient (Wildman–Crippen LogP) is 2.83. The van der Waals surface area contributed by atoms with Gasteiger partial charge in [0.25, 0.3) is 0 Å². The molecule has 0 bridgehead atoms. The molecule has 0 spiro atoms. The van der Waals surface area contributed by atoms with E-state index < -0.39 is 0 Å². The number of hydrogen-bond donors (Lipinski definition) is 1. The van der Waals surface area contributed by atoms with Gasteiger partial charge in [-0.15, -0.1) is 0 Å². The summed E-state index contributed by atoms with van der Waals surface area (Å²) in [6.07, 6.45) is 1.56. The fourth-order valence-electron chi connectivity index (χ4n) is 3.16. The lowest BCUT2D eigenvalue weighted by molar-refractivity contribution is 0.0494. The van der Waals surface area contributed by atoms with Crippen LogP contribution in [0.15, 0.2) is 29.1 Å². The lowest BCUT2D eigenvalue weighted by atomic mass is 10.0. The standard InChI is InChI=1S/C19H24N2O4/c1-13-17(20-16-6-4-3-5-15(16)18(13)22)12-25-19(23)21(2)11-14-7-9-24-10-8-14/h3-6,14H,7-12H2,1-2H3,(H,20,22). The summed E-state index contributed by atoms with van der Waals surface area (Å²) >= 11 is 0. The Kier molecular flexibility index (Phi) is 5.38. The molecule has 0 saturated carbocycles. The molecule has 0 radical (unpaired) electrons. The molecule has 25 heavy (non-hydrogen) atoms. The van der Waals surface area contributed by atoms with Crippen molar-refractivity contribution in [3.63, 3.8) is 0 Å². The Balaban J connectivity index is 1.64. The van der Waals surface area contributed by atoms with E-state index in [2.05, 4.69) is 4.98 Å². The van der Waals surface area contributed by atoms with Gasteiger partial charge in [0.15, 0.2) is 5.43 Å². The Hall–Kier alpha value is -2.34. The Morgan fingerprint density at radius 1 is 1.32 bits per heavy atom. The van der Waals surface area contributed by atoms with Gasteiger partial charge in [-0.2, -0.15) is 0 Å². The summed E-state index contributed by atoms with van der Waals surface area (Å²) in [7, 11) is 1.74. The molecule has 1 fully saturated rings. The largest absolute Gasteiger partial charge is 0.443 e. The Labute approximate surface area is 146 Å². The van der Waals surface area contributed by atoms with Crippen LogP contribution in [0.3, 0.4) is 0 Å². The smallest absolute Gasteiger partial charge is 0.409 e. The highest BCUT2D eigenvalue weighted by Gasteiger charge is 2.20. The zero-order valence-corrected chi connectivity index (χ0v) is 14.7. The molecule has 0 unspecified atom stereocenters. The number of para-hydroxylation sites is 1. The Bertz CT molecular complexity index is 809. The van der Waals surface area contributed by atoms with Gasteiger partial charge in [0.2, 0.25) is 0 Å². The lowest BCUT2D eigenvalue weighted by Crippen LogP contribution is -2.34. The average Bonchev–Trinajstić information content (AvgIpc) is 2.64. The van der Waals surface area contributed by atoms with Crippen molar-refractivity contribution >= 4 is 17.0 Å². The second kappa shape index (κ2) is 7.70. The lowest BCUT2D eigenvalue weighted by Gasteiger charge is -2.26. The third-order valence-corrected chi connectivity index (χ3v) is 4.78. The van der Waals surface area contributed by atoms with Crippen molar-refractivity contribution in [2.45, 2.75) is 26.4 Å². The van der Waals surface area contributed by atoms with Crippen molar-refractivity contribution < 1.29 is 14.3 Å². The molecule has 1 N–H and O–H groups in total. The molecule has 3 rings (SSSR count). The van der Waals surface area contributed by atoms with Gasteiger partial charge in [-0.3, -0.25) is 4.79 Å². The molecule has 6 nitrogen and oxygen atoms in total. The number of ether oxygens (including phenoxy) is 2. The van der Waals surface area contributed by atoms with Gasteiger partial charge in [-0.05, 0) is 37.8 Å². The van der Waals surface area contributed by atoms with Gasteiger partial charge in [0, 0.05) is 43.3 Å². The molecular formula is C19H24N2O4. The van der Waals surface area contributed by atoms with E-state index in [1.54, 1.807) is 24.9 Å². The summed E-state index contributed by atoms with van der Waals surface area (Å²) in [5.41, 5.74) is 1.94. The maximum absolute atomic E-state index is 12.4. The second-order valence-electron chi connectivity index (χ2n) is 6.59. The fraction of sp³-hybridized carbons (Fsp3) is 0.474. The van der Waals surface area contributed by atoms with E-state index in [0.717, 1.165) is 31.6 Å². The summed E-state index contributed by atoms with van der Waals surface area (Å²) in [4.78, 5) is 29.4. The summed E-state index contributed by atoms with van der Waals surface area (Å²) < 4.78 is 10.7. The van der Waals surface area contributed by atoms with Crippen molar-refractivity contribution in [3.8, 4) is 0 Å². The minimum Gasteiger partial charge on any atom is -0.443 e. The minimum atomic E-state index is -0.375. The Morgan fingerprint density at radius 2 is 2.04 bits per heavy atom. The molecular weight excluding hydrogens is 320 g/mol.